The Hall–Kier alpha value is -1.23. The molecule has 1 aromatic carbocycles. The molecule has 12 heavy (non-hydrogen) atoms. The van der Waals surface area contributed by atoms with Crippen molar-refractivity contribution in [3.63, 3.8) is 0 Å². The Morgan fingerprint density at radius 2 is 2.00 bits per heavy atom. The lowest BCUT2D eigenvalue weighted by Crippen LogP contribution is -1.95. The van der Waals surface area contributed by atoms with Crippen LogP contribution >= 0.6 is 0 Å². The molecule has 2 nitrogen and oxygen atoms in total. The molecule has 0 heterocycles. The summed E-state index contributed by atoms with van der Waals surface area (Å²) in [4.78, 5) is 0. The third-order valence-electron chi connectivity index (χ3n) is 1.36. The van der Waals surface area contributed by atoms with Gasteiger partial charge in [-0.05, 0) is 12.1 Å². The van der Waals surface area contributed by atoms with E-state index in [1.165, 1.54) is 5.48 Å². The first-order chi connectivity index (χ1) is 5.65. The highest BCUT2D eigenvalue weighted by molar-refractivity contribution is 5.45. The number of alkyl halides is 2. The minimum Gasteiger partial charge on any atom is -0.291 e. The molecule has 0 unspecified atom stereocenters. The second-order valence-electron chi connectivity index (χ2n) is 2.15. The van der Waals surface area contributed by atoms with E-state index in [-0.39, 0.29) is 11.3 Å². The van der Waals surface area contributed by atoms with Crippen LogP contribution in [0.15, 0.2) is 18.2 Å². The molecule has 1 rings (SSSR count). The van der Waals surface area contributed by atoms with Crippen molar-refractivity contribution in [2.24, 2.45) is 0 Å². The van der Waals surface area contributed by atoms with Gasteiger partial charge >= 0.3 is 0 Å². The Bertz CT molecular complexity index is 277. The van der Waals surface area contributed by atoms with Crippen molar-refractivity contribution >= 4 is 5.69 Å². The van der Waals surface area contributed by atoms with Gasteiger partial charge in [0.1, 0.15) is 5.82 Å². The van der Waals surface area contributed by atoms with Crippen LogP contribution < -0.4 is 5.48 Å². The lowest BCUT2D eigenvalue weighted by Gasteiger charge is -2.03. The van der Waals surface area contributed by atoms with Gasteiger partial charge in [0.15, 0.2) is 0 Å². The number of rotatable bonds is 2. The van der Waals surface area contributed by atoms with Crippen LogP contribution in [0.25, 0.3) is 0 Å². The second kappa shape index (κ2) is 3.44. The van der Waals surface area contributed by atoms with Crippen LogP contribution in [0.2, 0.25) is 0 Å². The third-order valence-corrected chi connectivity index (χ3v) is 1.36. The Balaban J connectivity index is 3.05. The van der Waals surface area contributed by atoms with Gasteiger partial charge in [-0.3, -0.25) is 10.7 Å². The largest absolute Gasteiger partial charge is 0.291 e. The van der Waals surface area contributed by atoms with Crippen LogP contribution in [0.3, 0.4) is 0 Å². The molecular formula is C7H6F3NO. The summed E-state index contributed by atoms with van der Waals surface area (Å²) in [6.45, 7) is 0. The maximum Gasteiger partial charge on any atom is 0.263 e. The molecule has 5 heteroatoms. The van der Waals surface area contributed by atoms with E-state index in [0.717, 1.165) is 18.2 Å². The highest BCUT2D eigenvalue weighted by Crippen LogP contribution is 2.23. The summed E-state index contributed by atoms with van der Waals surface area (Å²) in [7, 11) is 0. The first-order valence-corrected chi connectivity index (χ1v) is 3.13. The van der Waals surface area contributed by atoms with Gasteiger partial charge < -0.3 is 0 Å². The summed E-state index contributed by atoms with van der Waals surface area (Å²) in [6.07, 6.45) is -2.67. The molecule has 2 N–H and O–H groups in total. The van der Waals surface area contributed by atoms with E-state index in [1.807, 2.05) is 0 Å². The molecule has 0 aromatic heterocycles. The van der Waals surface area contributed by atoms with Gasteiger partial charge in [0, 0.05) is 5.56 Å². The number of anilines is 1. The van der Waals surface area contributed by atoms with E-state index in [1.54, 1.807) is 0 Å². The number of hydrogen-bond acceptors (Lipinski definition) is 2. The second-order valence-corrected chi connectivity index (χ2v) is 2.15. The Morgan fingerprint density at radius 1 is 1.33 bits per heavy atom. The summed E-state index contributed by atoms with van der Waals surface area (Å²) in [5.41, 5.74) is 0.788. The molecule has 0 saturated heterocycles. The van der Waals surface area contributed by atoms with Crippen molar-refractivity contribution in [3.05, 3.63) is 29.6 Å². The van der Waals surface area contributed by atoms with Crippen LogP contribution in [-0.4, -0.2) is 5.21 Å². The van der Waals surface area contributed by atoms with E-state index in [2.05, 4.69) is 0 Å². The molecule has 0 atom stereocenters. The lowest BCUT2D eigenvalue weighted by atomic mass is 10.2. The summed E-state index contributed by atoms with van der Waals surface area (Å²) >= 11 is 0. The fourth-order valence-corrected chi connectivity index (χ4v) is 0.764. The zero-order chi connectivity index (χ0) is 9.14. The lowest BCUT2D eigenvalue weighted by molar-refractivity contribution is 0.151. The maximum absolute atomic E-state index is 12.6. The quantitative estimate of drug-likeness (QED) is 0.680. The SMILES string of the molecule is ONc1cc(C(F)F)ccc1F. The number of halogens is 3. The molecule has 1 aromatic rings. The van der Waals surface area contributed by atoms with Crippen molar-refractivity contribution < 1.29 is 18.4 Å². The molecule has 0 saturated carbocycles. The number of benzene rings is 1. The zero-order valence-corrected chi connectivity index (χ0v) is 5.89. The monoisotopic (exact) mass is 177 g/mol. The average molecular weight is 177 g/mol. The van der Waals surface area contributed by atoms with Gasteiger partial charge in [-0.15, -0.1) is 0 Å². The zero-order valence-electron chi connectivity index (χ0n) is 5.89. The van der Waals surface area contributed by atoms with Crippen molar-refractivity contribution in [1.29, 1.82) is 0 Å². The highest BCUT2D eigenvalue weighted by atomic mass is 19.3. The molecule has 0 amide bonds. The van der Waals surface area contributed by atoms with Crippen LogP contribution in [-0.2, 0) is 0 Å². The fraction of sp³-hybridized carbons (Fsp3) is 0.143. The Labute approximate surface area is 66.6 Å². The number of hydrogen-bond donors (Lipinski definition) is 2. The fourth-order valence-electron chi connectivity index (χ4n) is 0.764. The van der Waals surface area contributed by atoms with Crippen LogP contribution in [0, 0.1) is 5.82 Å². The van der Waals surface area contributed by atoms with Crippen molar-refractivity contribution in [1.82, 2.24) is 0 Å². The molecule has 0 aliphatic heterocycles. The summed E-state index contributed by atoms with van der Waals surface area (Å²) < 4.78 is 36.5. The predicted octanol–water partition coefficient (Wildman–Crippen LogP) is 2.56. The molecule has 0 bridgehead atoms. The van der Waals surface area contributed by atoms with Crippen molar-refractivity contribution in [2.75, 3.05) is 5.48 Å². The summed E-state index contributed by atoms with van der Waals surface area (Å²) in [5.74, 6) is -0.776. The maximum atomic E-state index is 12.6. The topological polar surface area (TPSA) is 32.3 Å². The van der Waals surface area contributed by atoms with E-state index < -0.39 is 12.2 Å². The van der Waals surface area contributed by atoms with Gasteiger partial charge in [0.2, 0.25) is 0 Å². The van der Waals surface area contributed by atoms with E-state index >= 15 is 0 Å². The molecule has 0 spiro atoms. The minimum absolute atomic E-state index is 0.340. The van der Waals surface area contributed by atoms with Gasteiger partial charge in [-0.25, -0.2) is 13.2 Å². The minimum atomic E-state index is -2.67. The molecule has 0 fully saturated rings. The van der Waals surface area contributed by atoms with E-state index in [4.69, 9.17) is 5.21 Å². The first-order valence-electron chi connectivity index (χ1n) is 3.13. The molecule has 0 aliphatic rings. The van der Waals surface area contributed by atoms with Crippen LogP contribution in [0.5, 0.6) is 0 Å². The summed E-state index contributed by atoms with van der Waals surface area (Å²) in [6, 6.07) is 2.67. The first kappa shape index (κ1) is 8.86. The van der Waals surface area contributed by atoms with Gasteiger partial charge in [0.25, 0.3) is 6.43 Å². The third kappa shape index (κ3) is 1.68. The summed E-state index contributed by atoms with van der Waals surface area (Å²) in [5, 5.41) is 8.29. The predicted molar refractivity (Wildman–Crippen MR) is 36.8 cm³/mol. The van der Waals surface area contributed by atoms with Crippen LogP contribution in [0.1, 0.15) is 12.0 Å². The van der Waals surface area contributed by atoms with Gasteiger partial charge in [0.05, 0.1) is 5.69 Å². The van der Waals surface area contributed by atoms with Crippen molar-refractivity contribution in [2.45, 2.75) is 6.43 Å². The van der Waals surface area contributed by atoms with E-state index in [0.29, 0.717) is 0 Å². The highest BCUT2D eigenvalue weighted by Gasteiger charge is 2.09. The number of nitrogens with one attached hydrogen (secondary N) is 1. The molecule has 0 radical (unpaired) electrons. The normalized spacial score (nSPS) is 10.4. The van der Waals surface area contributed by atoms with Crippen LogP contribution in [0.4, 0.5) is 18.9 Å². The molecule has 66 valence electrons. The van der Waals surface area contributed by atoms with E-state index in [9.17, 15) is 13.2 Å². The van der Waals surface area contributed by atoms with Gasteiger partial charge in [-0.2, -0.15) is 0 Å². The Kier molecular flexibility index (Phi) is 2.54. The standard InChI is InChI=1S/C7H6F3NO/c8-5-2-1-4(7(9)10)3-6(5)11-12/h1-3,7,11-12H. The average Bonchev–Trinajstić information content (AvgIpc) is 2.05. The van der Waals surface area contributed by atoms with Gasteiger partial charge in [-0.1, -0.05) is 6.07 Å². The molecule has 0 aliphatic carbocycles. The smallest absolute Gasteiger partial charge is 0.263 e. The Morgan fingerprint density at radius 3 is 2.50 bits per heavy atom. The van der Waals surface area contributed by atoms with Crippen molar-refractivity contribution in [3.8, 4) is 0 Å². The molecular weight excluding hydrogens is 171 g/mol.